The first-order valence-electron chi connectivity index (χ1n) is 25.4. The number of carbonyl (C=O) groups excluding carboxylic acids is 9. The van der Waals surface area contributed by atoms with Crippen molar-refractivity contribution >= 4 is 52.9 Å². The molecule has 0 aromatic heterocycles. The number of benzene rings is 1. The molecule has 1 fully saturated rings. The standard InChI is InChI=1S/C51H83N7O12/c1-9-10-11-12-13-14-15-16-17-18-19-21-39(62)30-37(28-31(2)3)46(65)57-43(35(7)60)51(70)58-27-20-22-41(58)48(67)56-42(34(6)59)49(68)54-33(5)45(64)55-40(29-36-23-25-38(61)26-24-36)47(66)53-32(4)44(63)50(69)52-8/h23-26,31-35,37,40-43,59-61H,9-22,27-30H2,1-8H3,(H,52,69)(H,53,66)(H,54,68)(H,55,64)(H,56,67)(H,57,65)/t32?,33-,34?,35?,37+,40-,41+,42-,43-/m0/s1. The predicted octanol–water partition coefficient (Wildman–Crippen LogP) is 2.79. The first kappa shape index (κ1) is 60.7. The summed E-state index contributed by atoms with van der Waals surface area (Å²) in [5, 5.41) is 45.9. The van der Waals surface area contributed by atoms with Crippen molar-refractivity contribution < 1.29 is 58.5 Å². The van der Waals surface area contributed by atoms with Crippen molar-refractivity contribution in [1.29, 1.82) is 0 Å². The Morgan fingerprint density at radius 1 is 0.657 bits per heavy atom. The summed E-state index contributed by atoms with van der Waals surface area (Å²) in [6.45, 7) is 11.3. The molecule has 9 N–H and O–H groups in total. The molecule has 1 saturated heterocycles. The molecule has 0 radical (unpaired) electrons. The van der Waals surface area contributed by atoms with Gasteiger partial charge >= 0.3 is 0 Å². The smallest absolute Gasteiger partial charge is 0.289 e. The molecule has 0 bridgehead atoms. The van der Waals surface area contributed by atoms with E-state index in [1.807, 2.05) is 13.8 Å². The first-order chi connectivity index (χ1) is 33.1. The number of likely N-dealkylation sites (N-methyl/N-ethyl adjacent to an activating group) is 1. The number of nitrogens with zero attached hydrogens (tertiary/aromatic N) is 1. The Morgan fingerprint density at radius 3 is 1.76 bits per heavy atom. The number of phenolic OH excluding ortho intramolecular Hbond substituents is 1. The van der Waals surface area contributed by atoms with E-state index in [1.165, 1.54) is 109 Å². The average molecular weight is 986 g/mol. The molecule has 0 spiro atoms. The predicted molar refractivity (Wildman–Crippen MR) is 264 cm³/mol. The fourth-order valence-electron chi connectivity index (χ4n) is 8.45. The summed E-state index contributed by atoms with van der Waals surface area (Å²) in [6, 6.07) is -2.43. The van der Waals surface area contributed by atoms with Crippen LogP contribution in [0.1, 0.15) is 157 Å². The van der Waals surface area contributed by atoms with E-state index in [-0.39, 0.29) is 43.3 Å². The van der Waals surface area contributed by atoms with Gasteiger partial charge in [-0.2, -0.15) is 0 Å². The number of likely N-dealkylation sites (tertiary alicyclic amines) is 1. The summed E-state index contributed by atoms with van der Waals surface area (Å²) in [7, 11) is 1.25. The molecule has 7 amide bonds. The second kappa shape index (κ2) is 31.7. The summed E-state index contributed by atoms with van der Waals surface area (Å²) in [6.07, 6.45) is 10.9. The van der Waals surface area contributed by atoms with Gasteiger partial charge in [0.05, 0.1) is 18.2 Å². The van der Waals surface area contributed by atoms with E-state index in [1.54, 1.807) is 0 Å². The number of rotatable bonds is 33. The maximum Gasteiger partial charge on any atom is 0.289 e. The summed E-state index contributed by atoms with van der Waals surface area (Å²) in [5.74, 6) is -7.42. The van der Waals surface area contributed by atoms with Crippen LogP contribution in [-0.2, 0) is 49.6 Å². The number of ketones is 2. The van der Waals surface area contributed by atoms with Gasteiger partial charge in [-0.15, -0.1) is 0 Å². The van der Waals surface area contributed by atoms with Crippen molar-refractivity contribution in [2.24, 2.45) is 11.8 Å². The van der Waals surface area contributed by atoms with Gasteiger partial charge in [-0.1, -0.05) is 97.1 Å². The largest absolute Gasteiger partial charge is 0.508 e. The van der Waals surface area contributed by atoms with E-state index in [9.17, 15) is 58.5 Å². The third-order valence-corrected chi connectivity index (χ3v) is 12.6. The lowest BCUT2D eigenvalue weighted by Gasteiger charge is -2.32. The zero-order valence-corrected chi connectivity index (χ0v) is 42.8. The minimum Gasteiger partial charge on any atom is -0.508 e. The molecule has 19 nitrogen and oxygen atoms in total. The molecule has 394 valence electrons. The van der Waals surface area contributed by atoms with Gasteiger partial charge in [-0.05, 0) is 77.0 Å². The fraction of sp³-hybridized carbons (Fsp3) is 0.706. The average Bonchev–Trinajstić information content (AvgIpc) is 3.81. The van der Waals surface area contributed by atoms with E-state index >= 15 is 0 Å². The van der Waals surface area contributed by atoms with Gasteiger partial charge in [-0.3, -0.25) is 43.2 Å². The quantitative estimate of drug-likeness (QED) is 0.0363. The van der Waals surface area contributed by atoms with Gasteiger partial charge in [0.2, 0.25) is 41.2 Å². The van der Waals surface area contributed by atoms with Crippen molar-refractivity contribution in [2.45, 2.75) is 206 Å². The lowest BCUT2D eigenvalue weighted by atomic mass is 9.90. The van der Waals surface area contributed by atoms with Crippen LogP contribution < -0.4 is 31.9 Å². The maximum absolute atomic E-state index is 14.1. The topological polar surface area (TPSA) is 290 Å². The van der Waals surface area contributed by atoms with Crippen LogP contribution in [0.4, 0.5) is 0 Å². The second-order valence-electron chi connectivity index (χ2n) is 19.3. The van der Waals surface area contributed by atoms with E-state index in [0.717, 1.165) is 25.7 Å². The Labute approximate surface area is 414 Å². The number of hydrogen-bond donors (Lipinski definition) is 9. The third kappa shape index (κ3) is 21.3. The molecule has 19 heteroatoms. The number of Topliss-reactive ketones (excluding diaryl/α,β-unsaturated/α-hetero) is 2. The van der Waals surface area contributed by atoms with Crippen LogP contribution in [0.2, 0.25) is 0 Å². The molecule has 1 aliphatic rings. The van der Waals surface area contributed by atoms with Gasteiger partial charge < -0.3 is 52.1 Å². The van der Waals surface area contributed by atoms with Crippen molar-refractivity contribution in [3.63, 3.8) is 0 Å². The third-order valence-electron chi connectivity index (χ3n) is 12.6. The normalized spacial score (nSPS) is 16.9. The maximum atomic E-state index is 14.1. The van der Waals surface area contributed by atoms with E-state index in [4.69, 9.17) is 0 Å². The Kier molecular flexibility index (Phi) is 27.5. The molecule has 1 aliphatic heterocycles. The number of aliphatic hydroxyl groups is 2. The monoisotopic (exact) mass is 986 g/mol. The highest BCUT2D eigenvalue weighted by atomic mass is 16.3. The van der Waals surface area contributed by atoms with E-state index in [0.29, 0.717) is 24.8 Å². The van der Waals surface area contributed by atoms with Crippen LogP contribution in [0.15, 0.2) is 24.3 Å². The SMILES string of the molecule is CCCCCCCCCCCCCC(=O)C[C@@H](CC(C)C)C(=O)N[C@H](C(=O)N1CCC[C@@H]1C(=O)N[C@H](C(=O)N[C@@H](C)C(=O)N[C@@H](Cc1ccc(O)cc1)C(=O)NC(C)C(=O)C(=O)NC)C(C)O)C(C)O. The zero-order chi connectivity index (χ0) is 52.5. The van der Waals surface area contributed by atoms with Gasteiger partial charge in [-0.25, -0.2) is 0 Å². The number of amides is 7. The molecule has 0 aliphatic carbocycles. The van der Waals surface area contributed by atoms with Crippen LogP contribution in [0.3, 0.4) is 0 Å². The van der Waals surface area contributed by atoms with E-state index < -0.39 is 102 Å². The summed E-state index contributed by atoms with van der Waals surface area (Å²) in [5.41, 5.74) is 0.505. The van der Waals surface area contributed by atoms with Gasteiger partial charge in [0.1, 0.15) is 41.7 Å². The number of hydrogen-bond acceptors (Lipinski definition) is 12. The number of nitrogens with one attached hydrogen (secondary N) is 6. The van der Waals surface area contributed by atoms with Crippen molar-refractivity contribution in [2.75, 3.05) is 13.6 Å². The molecule has 3 unspecified atom stereocenters. The molecule has 2 rings (SSSR count). The summed E-state index contributed by atoms with van der Waals surface area (Å²) >= 11 is 0. The molecular weight excluding hydrogens is 903 g/mol. The highest BCUT2D eigenvalue weighted by Gasteiger charge is 2.42. The van der Waals surface area contributed by atoms with Gasteiger partial charge in [0.15, 0.2) is 0 Å². The van der Waals surface area contributed by atoms with Crippen LogP contribution in [0.25, 0.3) is 0 Å². The Balaban J connectivity index is 2.09. The Morgan fingerprint density at radius 2 is 1.21 bits per heavy atom. The van der Waals surface area contributed by atoms with Crippen molar-refractivity contribution in [3.8, 4) is 5.75 Å². The molecule has 0 saturated carbocycles. The highest BCUT2D eigenvalue weighted by molar-refractivity contribution is 6.38. The minimum absolute atomic E-state index is 0.00212. The van der Waals surface area contributed by atoms with Crippen molar-refractivity contribution in [1.82, 2.24) is 36.8 Å². The number of carbonyl (C=O) groups is 9. The van der Waals surface area contributed by atoms with Crippen LogP contribution in [-0.4, -0.2) is 135 Å². The molecular formula is C51H83N7O12. The highest BCUT2D eigenvalue weighted by Crippen LogP contribution is 2.23. The number of aromatic hydroxyl groups is 1. The molecule has 9 atom stereocenters. The number of phenols is 1. The minimum atomic E-state index is -1.63. The fourth-order valence-corrected chi connectivity index (χ4v) is 8.45. The lowest BCUT2D eigenvalue weighted by Crippen LogP contribution is -2.61. The Hall–Kier alpha value is -5.43. The zero-order valence-electron chi connectivity index (χ0n) is 42.8. The van der Waals surface area contributed by atoms with Crippen LogP contribution in [0.5, 0.6) is 5.75 Å². The second-order valence-corrected chi connectivity index (χ2v) is 19.3. The van der Waals surface area contributed by atoms with Gasteiger partial charge in [0, 0.05) is 38.8 Å². The number of aliphatic hydroxyl groups excluding tert-OH is 2. The lowest BCUT2D eigenvalue weighted by molar-refractivity contribution is -0.145. The number of unbranched alkanes of at least 4 members (excludes halogenated alkanes) is 10. The molecule has 70 heavy (non-hydrogen) atoms. The Bertz CT molecular complexity index is 1870. The summed E-state index contributed by atoms with van der Waals surface area (Å²) in [4.78, 5) is 121. The first-order valence-corrected chi connectivity index (χ1v) is 25.4. The van der Waals surface area contributed by atoms with Gasteiger partial charge in [0.25, 0.3) is 5.91 Å². The molecule has 1 heterocycles. The molecule has 1 aromatic carbocycles. The van der Waals surface area contributed by atoms with E-state index in [2.05, 4.69) is 38.8 Å². The van der Waals surface area contributed by atoms with Crippen LogP contribution >= 0.6 is 0 Å². The van der Waals surface area contributed by atoms with Crippen LogP contribution in [0, 0.1) is 11.8 Å². The van der Waals surface area contributed by atoms with Crippen molar-refractivity contribution in [3.05, 3.63) is 29.8 Å². The summed E-state index contributed by atoms with van der Waals surface area (Å²) < 4.78 is 0. The molecule has 1 aromatic rings.